The van der Waals surface area contributed by atoms with Crippen LogP contribution in [0.25, 0.3) is 0 Å². The van der Waals surface area contributed by atoms with E-state index in [0.29, 0.717) is 18.3 Å². The topological polar surface area (TPSA) is 118 Å². The molecule has 11 heteroatoms. The smallest absolute Gasteiger partial charge is 0.344 e. The first kappa shape index (κ1) is 19.1. The van der Waals surface area contributed by atoms with Crippen molar-refractivity contribution in [3.63, 3.8) is 0 Å². The van der Waals surface area contributed by atoms with Gasteiger partial charge in [0.1, 0.15) is 5.82 Å². The van der Waals surface area contributed by atoms with E-state index >= 15 is 0 Å². The normalized spacial score (nSPS) is 16.3. The Labute approximate surface area is 157 Å². The molecule has 0 bridgehead atoms. The molecule has 1 atom stereocenters. The lowest BCUT2D eigenvalue weighted by Gasteiger charge is -2.11. The Balaban J connectivity index is 1.51. The van der Waals surface area contributed by atoms with Crippen LogP contribution in [-0.2, 0) is 16.1 Å². The largest absolute Gasteiger partial charge is 0.376 e. The number of rotatable bonds is 6. The van der Waals surface area contributed by atoms with Gasteiger partial charge in [-0.1, -0.05) is 23.9 Å². The van der Waals surface area contributed by atoms with E-state index in [0.717, 1.165) is 24.6 Å². The first-order valence-corrected chi connectivity index (χ1v) is 9.26. The van der Waals surface area contributed by atoms with Gasteiger partial charge in [-0.15, -0.1) is 5.10 Å². The molecule has 1 unspecified atom stereocenters. The molecule has 3 N–H and O–H groups in total. The molecule has 1 fully saturated rings. The second kappa shape index (κ2) is 8.82. The summed E-state index contributed by atoms with van der Waals surface area (Å²) in [6.45, 7) is 1.02. The van der Waals surface area contributed by atoms with Crippen molar-refractivity contribution in [2.24, 2.45) is 0 Å². The number of H-pyrrole nitrogens is 1. The van der Waals surface area contributed by atoms with Gasteiger partial charge in [0.15, 0.2) is 5.16 Å². The maximum Gasteiger partial charge on any atom is 0.344 e. The Morgan fingerprint density at radius 3 is 2.96 bits per heavy atom. The standard InChI is InChI=1S/C16H18FN5O4S/c17-11-5-1-2-6-12(11)18-14(24)19-13(23)9-27-16-21-20-15(25)22(16)8-10-4-3-7-26-10/h1-2,5-6,10H,3-4,7-9H2,(H,20,25)(H2,18,19,23,24). The third-order valence-electron chi connectivity index (χ3n) is 3.84. The van der Waals surface area contributed by atoms with Crippen molar-refractivity contribution in [1.29, 1.82) is 0 Å². The van der Waals surface area contributed by atoms with Crippen LogP contribution in [0, 0.1) is 5.82 Å². The summed E-state index contributed by atoms with van der Waals surface area (Å²) in [6, 6.07) is 4.77. The Morgan fingerprint density at radius 1 is 1.41 bits per heavy atom. The highest BCUT2D eigenvalue weighted by Gasteiger charge is 2.20. The average Bonchev–Trinajstić information content (AvgIpc) is 3.26. The molecule has 2 heterocycles. The lowest BCUT2D eigenvalue weighted by Crippen LogP contribution is -2.35. The first-order chi connectivity index (χ1) is 13.0. The summed E-state index contributed by atoms with van der Waals surface area (Å²) in [7, 11) is 0. The molecule has 1 aliphatic heterocycles. The first-order valence-electron chi connectivity index (χ1n) is 8.28. The number of aromatic nitrogens is 3. The van der Waals surface area contributed by atoms with Crippen molar-refractivity contribution >= 4 is 29.4 Å². The maximum atomic E-state index is 13.5. The van der Waals surface area contributed by atoms with Crippen LogP contribution in [0.15, 0.2) is 34.2 Å². The van der Waals surface area contributed by atoms with Crippen molar-refractivity contribution < 1.29 is 18.7 Å². The van der Waals surface area contributed by atoms with Crippen LogP contribution in [0.4, 0.5) is 14.9 Å². The third-order valence-corrected chi connectivity index (χ3v) is 4.82. The van der Waals surface area contributed by atoms with E-state index in [1.807, 2.05) is 0 Å². The fraction of sp³-hybridized carbons (Fsp3) is 0.375. The highest BCUT2D eigenvalue weighted by molar-refractivity contribution is 7.99. The number of carbonyl (C=O) groups excluding carboxylic acids is 2. The van der Waals surface area contributed by atoms with Crippen molar-refractivity contribution in [3.05, 3.63) is 40.6 Å². The number of amides is 3. The van der Waals surface area contributed by atoms with E-state index in [4.69, 9.17) is 4.74 Å². The minimum absolute atomic E-state index is 0.0341. The van der Waals surface area contributed by atoms with Gasteiger partial charge in [-0.05, 0) is 25.0 Å². The van der Waals surface area contributed by atoms with E-state index in [9.17, 15) is 18.8 Å². The molecule has 1 aliphatic rings. The number of carbonyl (C=O) groups is 2. The molecule has 0 spiro atoms. The van der Waals surface area contributed by atoms with E-state index in [-0.39, 0.29) is 23.2 Å². The SMILES string of the molecule is O=C(CSc1n[nH]c(=O)n1CC1CCCO1)NC(=O)Nc1ccccc1F. The summed E-state index contributed by atoms with van der Waals surface area (Å²) < 4.78 is 20.4. The van der Waals surface area contributed by atoms with Gasteiger partial charge in [0, 0.05) is 6.61 Å². The minimum Gasteiger partial charge on any atom is -0.376 e. The predicted molar refractivity (Wildman–Crippen MR) is 96.1 cm³/mol. The number of para-hydroxylation sites is 1. The molecule has 2 aromatic rings. The fourth-order valence-electron chi connectivity index (χ4n) is 2.58. The Bertz CT molecular complexity index is 878. The van der Waals surface area contributed by atoms with Crippen LogP contribution in [-0.4, -0.2) is 45.2 Å². The van der Waals surface area contributed by atoms with Crippen molar-refractivity contribution in [2.45, 2.75) is 30.6 Å². The van der Waals surface area contributed by atoms with E-state index < -0.39 is 17.8 Å². The van der Waals surface area contributed by atoms with Crippen LogP contribution in [0.5, 0.6) is 0 Å². The number of nitrogens with one attached hydrogen (secondary N) is 3. The fourth-order valence-corrected chi connectivity index (χ4v) is 3.33. The van der Waals surface area contributed by atoms with Gasteiger partial charge in [0.25, 0.3) is 0 Å². The zero-order valence-corrected chi connectivity index (χ0v) is 15.1. The zero-order chi connectivity index (χ0) is 19.2. The molecular weight excluding hydrogens is 377 g/mol. The summed E-state index contributed by atoms with van der Waals surface area (Å²) in [5, 5.41) is 10.9. The van der Waals surface area contributed by atoms with Gasteiger partial charge in [-0.2, -0.15) is 0 Å². The number of hydrogen-bond acceptors (Lipinski definition) is 6. The number of halogens is 1. The molecular formula is C16H18FN5O4S. The van der Waals surface area contributed by atoms with Crippen molar-refractivity contribution in [3.8, 4) is 0 Å². The number of anilines is 1. The Morgan fingerprint density at radius 2 is 2.22 bits per heavy atom. The Hall–Kier alpha value is -2.66. The number of ether oxygens (including phenoxy) is 1. The number of imide groups is 1. The predicted octanol–water partition coefficient (Wildman–Crippen LogP) is 1.33. The number of benzene rings is 1. The summed E-state index contributed by atoms with van der Waals surface area (Å²) in [6.07, 6.45) is 1.75. The van der Waals surface area contributed by atoms with Gasteiger partial charge in [-0.25, -0.2) is 19.1 Å². The number of nitrogens with zero attached hydrogens (tertiary/aromatic N) is 2. The van der Waals surface area contributed by atoms with Crippen molar-refractivity contribution in [2.75, 3.05) is 17.7 Å². The van der Waals surface area contributed by atoms with E-state index in [1.165, 1.54) is 22.8 Å². The van der Waals surface area contributed by atoms with Gasteiger partial charge < -0.3 is 10.1 Å². The lowest BCUT2D eigenvalue weighted by atomic mass is 10.2. The molecule has 1 aromatic heterocycles. The Kier molecular flexibility index (Phi) is 6.24. The molecule has 144 valence electrons. The number of urea groups is 1. The highest BCUT2D eigenvalue weighted by atomic mass is 32.2. The molecule has 3 amide bonds. The molecule has 1 aromatic carbocycles. The van der Waals surface area contributed by atoms with Crippen LogP contribution >= 0.6 is 11.8 Å². The second-order valence-corrected chi connectivity index (χ2v) is 6.77. The molecule has 27 heavy (non-hydrogen) atoms. The zero-order valence-electron chi connectivity index (χ0n) is 14.2. The van der Waals surface area contributed by atoms with Crippen LogP contribution in [0.3, 0.4) is 0 Å². The quantitative estimate of drug-likeness (QED) is 0.635. The highest BCUT2D eigenvalue weighted by Crippen LogP contribution is 2.18. The van der Waals surface area contributed by atoms with Crippen LogP contribution in [0.2, 0.25) is 0 Å². The van der Waals surface area contributed by atoms with E-state index in [2.05, 4.69) is 20.8 Å². The third kappa shape index (κ3) is 5.17. The van der Waals surface area contributed by atoms with E-state index in [1.54, 1.807) is 6.07 Å². The van der Waals surface area contributed by atoms with Crippen molar-refractivity contribution in [1.82, 2.24) is 20.1 Å². The average molecular weight is 395 g/mol. The molecule has 3 rings (SSSR count). The number of thioether (sulfide) groups is 1. The monoisotopic (exact) mass is 395 g/mol. The minimum atomic E-state index is -0.843. The van der Waals surface area contributed by atoms with Gasteiger partial charge >= 0.3 is 11.7 Å². The summed E-state index contributed by atoms with van der Waals surface area (Å²) in [4.78, 5) is 35.6. The summed E-state index contributed by atoms with van der Waals surface area (Å²) in [5.41, 5.74) is -0.418. The molecule has 0 radical (unpaired) electrons. The molecule has 0 aliphatic carbocycles. The second-order valence-electron chi connectivity index (χ2n) is 5.83. The number of hydrogen-bond donors (Lipinski definition) is 3. The summed E-state index contributed by atoms with van der Waals surface area (Å²) >= 11 is 1.01. The molecule has 9 nitrogen and oxygen atoms in total. The number of aromatic amines is 1. The maximum absolute atomic E-state index is 13.5. The summed E-state index contributed by atoms with van der Waals surface area (Å²) in [5.74, 6) is -1.35. The van der Waals surface area contributed by atoms with Gasteiger partial charge in [0.05, 0.1) is 24.1 Å². The van der Waals surface area contributed by atoms with Gasteiger partial charge in [0.2, 0.25) is 5.91 Å². The van der Waals surface area contributed by atoms with Crippen LogP contribution < -0.4 is 16.3 Å². The van der Waals surface area contributed by atoms with Crippen LogP contribution in [0.1, 0.15) is 12.8 Å². The molecule has 0 saturated carbocycles. The lowest BCUT2D eigenvalue weighted by molar-refractivity contribution is -0.117. The van der Waals surface area contributed by atoms with Gasteiger partial charge in [-0.3, -0.25) is 14.7 Å². The molecule has 1 saturated heterocycles.